The molecular formula is C30H37NO5. The molecule has 192 valence electrons. The van der Waals surface area contributed by atoms with Gasteiger partial charge in [0.15, 0.2) is 0 Å². The summed E-state index contributed by atoms with van der Waals surface area (Å²) >= 11 is 0. The second kappa shape index (κ2) is 15.2. The number of rotatable bonds is 15. The van der Waals surface area contributed by atoms with E-state index in [1.165, 1.54) is 23.6 Å². The van der Waals surface area contributed by atoms with Gasteiger partial charge in [-0.2, -0.15) is 0 Å². The van der Waals surface area contributed by atoms with Gasteiger partial charge in [0.2, 0.25) is 0 Å². The second-order valence-electron chi connectivity index (χ2n) is 8.90. The van der Waals surface area contributed by atoms with Gasteiger partial charge in [-0.15, -0.1) is 0 Å². The summed E-state index contributed by atoms with van der Waals surface area (Å²) < 4.78 is 11.0. The first-order valence-electron chi connectivity index (χ1n) is 12.6. The van der Waals surface area contributed by atoms with Gasteiger partial charge in [-0.3, -0.25) is 4.79 Å². The van der Waals surface area contributed by atoms with E-state index < -0.39 is 12.1 Å². The molecule has 0 aliphatic rings. The number of hydrogen-bond donors (Lipinski definition) is 3. The molecule has 6 heteroatoms. The molecule has 0 aliphatic heterocycles. The van der Waals surface area contributed by atoms with Gasteiger partial charge in [-0.25, -0.2) is 0 Å². The molecule has 0 spiro atoms. The normalized spacial score (nSPS) is 11.9. The maximum absolute atomic E-state index is 11.2. The Bertz CT molecular complexity index is 1070. The molecular weight excluding hydrogens is 454 g/mol. The SMILES string of the molecule is CC(=O)Oc1ccc(C(O)CNCCc2cccc(COCCCCc3ccccc3)c2)cc1CO. The predicted molar refractivity (Wildman–Crippen MR) is 141 cm³/mol. The van der Waals surface area contributed by atoms with Crippen molar-refractivity contribution in [2.75, 3.05) is 19.7 Å². The van der Waals surface area contributed by atoms with Crippen molar-refractivity contribution in [3.63, 3.8) is 0 Å². The maximum Gasteiger partial charge on any atom is 0.308 e. The molecule has 0 saturated heterocycles. The molecule has 0 saturated carbocycles. The van der Waals surface area contributed by atoms with Gasteiger partial charge in [0, 0.05) is 25.6 Å². The summed E-state index contributed by atoms with van der Waals surface area (Å²) in [6, 6.07) is 23.9. The van der Waals surface area contributed by atoms with Gasteiger partial charge in [-0.05, 0) is 66.6 Å². The van der Waals surface area contributed by atoms with Crippen molar-refractivity contribution in [2.45, 2.75) is 51.9 Å². The van der Waals surface area contributed by atoms with Crippen LogP contribution >= 0.6 is 0 Å². The summed E-state index contributed by atoms with van der Waals surface area (Å²) in [4.78, 5) is 11.2. The standard InChI is InChI=1S/C30H37NO5/c1-23(33)36-30-14-13-27(19-28(30)21-32)29(34)20-31-16-15-25-11-7-12-26(18-25)22-35-17-6-5-10-24-8-3-2-4-9-24/h2-4,7-9,11-14,18-19,29,31-32,34H,5-6,10,15-17,20-22H2,1H3. The van der Waals surface area contributed by atoms with E-state index in [9.17, 15) is 15.0 Å². The number of carbonyl (C=O) groups is 1. The third-order valence-electron chi connectivity index (χ3n) is 5.93. The van der Waals surface area contributed by atoms with Gasteiger partial charge in [-0.1, -0.05) is 60.7 Å². The van der Waals surface area contributed by atoms with Crippen LogP contribution in [0.2, 0.25) is 0 Å². The molecule has 0 aromatic heterocycles. The first-order valence-corrected chi connectivity index (χ1v) is 12.6. The number of aliphatic hydroxyl groups excluding tert-OH is 2. The van der Waals surface area contributed by atoms with Crippen LogP contribution in [-0.2, 0) is 35.6 Å². The van der Waals surface area contributed by atoms with E-state index in [0.29, 0.717) is 30.0 Å². The van der Waals surface area contributed by atoms with Gasteiger partial charge >= 0.3 is 5.97 Å². The maximum atomic E-state index is 11.2. The van der Waals surface area contributed by atoms with Crippen molar-refractivity contribution in [3.8, 4) is 5.75 Å². The van der Waals surface area contributed by atoms with Crippen LogP contribution < -0.4 is 10.1 Å². The number of hydrogen-bond acceptors (Lipinski definition) is 6. The van der Waals surface area contributed by atoms with Crippen molar-refractivity contribution in [1.29, 1.82) is 0 Å². The number of carbonyl (C=O) groups excluding carboxylic acids is 1. The predicted octanol–water partition coefficient (Wildman–Crippen LogP) is 4.51. The number of benzene rings is 3. The molecule has 6 nitrogen and oxygen atoms in total. The topological polar surface area (TPSA) is 88.0 Å². The molecule has 3 aromatic rings. The molecule has 3 rings (SSSR count). The average Bonchev–Trinajstić information content (AvgIpc) is 2.89. The van der Waals surface area contributed by atoms with E-state index in [1.54, 1.807) is 18.2 Å². The largest absolute Gasteiger partial charge is 0.426 e. The highest BCUT2D eigenvalue weighted by Gasteiger charge is 2.12. The Morgan fingerprint density at radius 2 is 1.69 bits per heavy atom. The Morgan fingerprint density at radius 1 is 0.917 bits per heavy atom. The Labute approximate surface area is 213 Å². The molecule has 0 bridgehead atoms. The lowest BCUT2D eigenvalue weighted by Crippen LogP contribution is -2.24. The van der Waals surface area contributed by atoms with Crippen molar-refractivity contribution in [1.82, 2.24) is 5.32 Å². The molecule has 3 N–H and O–H groups in total. The molecule has 0 aliphatic carbocycles. The minimum absolute atomic E-state index is 0.273. The lowest BCUT2D eigenvalue weighted by Gasteiger charge is -2.15. The van der Waals surface area contributed by atoms with Crippen LogP contribution in [-0.4, -0.2) is 35.9 Å². The van der Waals surface area contributed by atoms with E-state index in [2.05, 4.69) is 53.8 Å². The third-order valence-corrected chi connectivity index (χ3v) is 5.93. The molecule has 1 unspecified atom stereocenters. The van der Waals surface area contributed by atoms with Crippen LogP contribution in [0.5, 0.6) is 5.75 Å². The lowest BCUT2D eigenvalue weighted by molar-refractivity contribution is -0.131. The minimum atomic E-state index is -0.733. The number of nitrogens with one attached hydrogen (secondary N) is 1. The van der Waals surface area contributed by atoms with E-state index in [0.717, 1.165) is 38.8 Å². The summed E-state index contributed by atoms with van der Waals surface area (Å²) in [5, 5.41) is 23.3. The number of ether oxygens (including phenoxy) is 2. The molecule has 0 heterocycles. The fraction of sp³-hybridized carbons (Fsp3) is 0.367. The van der Waals surface area contributed by atoms with Crippen molar-refractivity contribution in [3.05, 3.63) is 101 Å². The highest BCUT2D eigenvalue weighted by molar-refractivity contribution is 5.69. The molecule has 3 aromatic carbocycles. The van der Waals surface area contributed by atoms with Crippen LogP contribution in [0.3, 0.4) is 0 Å². The second-order valence-corrected chi connectivity index (χ2v) is 8.90. The highest BCUT2D eigenvalue weighted by atomic mass is 16.5. The van der Waals surface area contributed by atoms with Crippen LogP contribution in [0, 0.1) is 0 Å². The summed E-state index contributed by atoms with van der Waals surface area (Å²) in [7, 11) is 0. The molecule has 0 amide bonds. The number of aryl methyl sites for hydroxylation is 1. The Morgan fingerprint density at radius 3 is 2.47 bits per heavy atom. The van der Waals surface area contributed by atoms with E-state index in [4.69, 9.17) is 9.47 Å². The molecule has 0 fully saturated rings. The number of aliphatic hydroxyl groups is 2. The number of esters is 1. The van der Waals surface area contributed by atoms with Crippen LogP contribution in [0.4, 0.5) is 0 Å². The monoisotopic (exact) mass is 491 g/mol. The summed E-state index contributed by atoms with van der Waals surface area (Å²) in [5.41, 5.74) is 4.89. The molecule has 0 radical (unpaired) electrons. The van der Waals surface area contributed by atoms with Crippen molar-refractivity contribution >= 4 is 5.97 Å². The van der Waals surface area contributed by atoms with E-state index >= 15 is 0 Å². The van der Waals surface area contributed by atoms with Crippen molar-refractivity contribution < 1.29 is 24.5 Å². The van der Waals surface area contributed by atoms with E-state index in [1.807, 2.05) is 6.07 Å². The summed E-state index contributed by atoms with van der Waals surface area (Å²) in [5.74, 6) is -0.140. The summed E-state index contributed by atoms with van der Waals surface area (Å²) in [6.07, 6.45) is 3.36. The summed E-state index contributed by atoms with van der Waals surface area (Å²) in [6.45, 7) is 3.51. The van der Waals surface area contributed by atoms with E-state index in [-0.39, 0.29) is 6.61 Å². The van der Waals surface area contributed by atoms with Crippen LogP contribution in [0.15, 0.2) is 72.8 Å². The molecule has 1 atom stereocenters. The van der Waals surface area contributed by atoms with Gasteiger partial charge in [0.1, 0.15) is 5.75 Å². The highest BCUT2D eigenvalue weighted by Crippen LogP contribution is 2.24. The zero-order chi connectivity index (χ0) is 25.6. The Balaban J connectivity index is 1.34. The first kappa shape index (κ1) is 27.6. The Hall–Kier alpha value is -3.03. The van der Waals surface area contributed by atoms with Gasteiger partial charge in [0.25, 0.3) is 0 Å². The fourth-order valence-electron chi connectivity index (χ4n) is 4.02. The zero-order valence-corrected chi connectivity index (χ0v) is 21.0. The third kappa shape index (κ3) is 9.55. The Kier molecular flexibility index (Phi) is 11.6. The van der Waals surface area contributed by atoms with Gasteiger partial charge < -0.3 is 25.0 Å². The first-order chi connectivity index (χ1) is 17.5. The fourth-order valence-corrected chi connectivity index (χ4v) is 4.02. The zero-order valence-electron chi connectivity index (χ0n) is 21.0. The lowest BCUT2D eigenvalue weighted by atomic mass is 10.0. The minimum Gasteiger partial charge on any atom is -0.426 e. The number of unbranched alkanes of at least 4 members (excludes halogenated alkanes) is 1. The van der Waals surface area contributed by atoms with Crippen LogP contribution in [0.1, 0.15) is 53.7 Å². The smallest absolute Gasteiger partial charge is 0.308 e. The quantitative estimate of drug-likeness (QED) is 0.165. The van der Waals surface area contributed by atoms with Crippen LogP contribution in [0.25, 0.3) is 0 Å². The van der Waals surface area contributed by atoms with Crippen molar-refractivity contribution in [2.24, 2.45) is 0 Å². The van der Waals surface area contributed by atoms with Gasteiger partial charge in [0.05, 0.1) is 19.3 Å². The average molecular weight is 492 g/mol. The molecule has 36 heavy (non-hydrogen) atoms.